The molecule has 3 nitrogen and oxygen atoms in total. The van der Waals surface area contributed by atoms with E-state index in [0.29, 0.717) is 0 Å². The highest BCUT2D eigenvalue weighted by Crippen LogP contribution is 2.22. The predicted octanol–water partition coefficient (Wildman–Crippen LogP) is 1.42. The summed E-state index contributed by atoms with van der Waals surface area (Å²) in [6.07, 6.45) is -0.450. The first-order chi connectivity index (χ1) is 6.66. The minimum Gasteiger partial charge on any atom is -0.372 e. The monoisotopic (exact) mass is 191 g/mol. The SMILES string of the molecule is C=C(C(N)=O)[C@H](OC)c1ccccc1. The van der Waals surface area contributed by atoms with E-state index in [1.54, 1.807) is 0 Å². The van der Waals surface area contributed by atoms with Gasteiger partial charge in [-0.2, -0.15) is 0 Å². The molecule has 0 fully saturated rings. The van der Waals surface area contributed by atoms with Crippen molar-refractivity contribution in [3.8, 4) is 0 Å². The van der Waals surface area contributed by atoms with Crippen LogP contribution < -0.4 is 5.73 Å². The fourth-order valence-corrected chi connectivity index (χ4v) is 1.24. The van der Waals surface area contributed by atoms with Crippen molar-refractivity contribution in [3.05, 3.63) is 48.0 Å². The van der Waals surface area contributed by atoms with Crippen molar-refractivity contribution in [3.63, 3.8) is 0 Å². The van der Waals surface area contributed by atoms with Crippen molar-refractivity contribution in [1.82, 2.24) is 0 Å². The highest BCUT2D eigenvalue weighted by molar-refractivity contribution is 5.92. The molecule has 0 aromatic heterocycles. The molecule has 1 rings (SSSR count). The Hall–Kier alpha value is -1.61. The molecule has 74 valence electrons. The van der Waals surface area contributed by atoms with Gasteiger partial charge < -0.3 is 10.5 Å². The van der Waals surface area contributed by atoms with Crippen molar-refractivity contribution >= 4 is 5.91 Å². The molecule has 0 heterocycles. The molecule has 0 aliphatic rings. The summed E-state index contributed by atoms with van der Waals surface area (Å²) in [6.45, 7) is 3.60. The molecule has 14 heavy (non-hydrogen) atoms. The Morgan fingerprint density at radius 3 is 2.43 bits per heavy atom. The Balaban J connectivity index is 2.93. The van der Waals surface area contributed by atoms with Crippen LogP contribution in [0.4, 0.5) is 0 Å². The minimum atomic E-state index is -0.541. The van der Waals surface area contributed by atoms with E-state index in [1.807, 2.05) is 30.3 Å². The Morgan fingerprint density at radius 1 is 1.43 bits per heavy atom. The Kier molecular flexibility index (Phi) is 3.42. The molecule has 1 atom stereocenters. The average molecular weight is 191 g/mol. The Labute approximate surface area is 83.2 Å². The van der Waals surface area contributed by atoms with Crippen molar-refractivity contribution in [2.75, 3.05) is 7.11 Å². The first-order valence-electron chi connectivity index (χ1n) is 4.23. The van der Waals surface area contributed by atoms with Crippen LogP contribution in [0, 0.1) is 0 Å². The van der Waals surface area contributed by atoms with Crippen LogP contribution in [-0.4, -0.2) is 13.0 Å². The molecule has 0 spiro atoms. The summed E-state index contributed by atoms with van der Waals surface area (Å²) in [6, 6.07) is 9.36. The number of rotatable bonds is 4. The van der Waals surface area contributed by atoms with Gasteiger partial charge in [0.25, 0.3) is 0 Å². The number of carbonyl (C=O) groups excluding carboxylic acids is 1. The maximum Gasteiger partial charge on any atom is 0.247 e. The van der Waals surface area contributed by atoms with E-state index in [-0.39, 0.29) is 5.57 Å². The molecule has 0 unspecified atom stereocenters. The van der Waals surface area contributed by atoms with E-state index in [0.717, 1.165) is 5.56 Å². The second-order valence-corrected chi connectivity index (χ2v) is 2.92. The molecule has 0 radical (unpaired) electrons. The predicted molar refractivity (Wildman–Crippen MR) is 54.5 cm³/mol. The zero-order chi connectivity index (χ0) is 10.6. The molecule has 1 aromatic carbocycles. The van der Waals surface area contributed by atoms with Gasteiger partial charge in [-0.1, -0.05) is 36.9 Å². The Morgan fingerprint density at radius 2 is 2.00 bits per heavy atom. The van der Waals surface area contributed by atoms with Crippen LogP contribution in [0.5, 0.6) is 0 Å². The lowest BCUT2D eigenvalue weighted by Gasteiger charge is -2.15. The number of ether oxygens (including phenoxy) is 1. The van der Waals surface area contributed by atoms with Gasteiger partial charge in [-0.25, -0.2) is 0 Å². The fourth-order valence-electron chi connectivity index (χ4n) is 1.24. The molecular formula is C11H13NO2. The van der Waals surface area contributed by atoms with Gasteiger partial charge in [0.15, 0.2) is 0 Å². The first-order valence-corrected chi connectivity index (χ1v) is 4.23. The zero-order valence-corrected chi connectivity index (χ0v) is 8.07. The van der Waals surface area contributed by atoms with Crippen molar-refractivity contribution in [2.45, 2.75) is 6.10 Å². The molecule has 0 saturated heterocycles. The van der Waals surface area contributed by atoms with Crippen LogP contribution in [0.25, 0.3) is 0 Å². The average Bonchev–Trinajstić information content (AvgIpc) is 2.20. The summed E-state index contributed by atoms with van der Waals surface area (Å²) in [5, 5.41) is 0. The third-order valence-electron chi connectivity index (χ3n) is 1.97. The second-order valence-electron chi connectivity index (χ2n) is 2.92. The summed E-state index contributed by atoms with van der Waals surface area (Å²) in [7, 11) is 1.52. The number of nitrogens with two attached hydrogens (primary N) is 1. The zero-order valence-electron chi connectivity index (χ0n) is 8.07. The van der Waals surface area contributed by atoms with Crippen LogP contribution in [0.2, 0.25) is 0 Å². The lowest BCUT2D eigenvalue weighted by atomic mass is 10.0. The maximum atomic E-state index is 10.9. The van der Waals surface area contributed by atoms with E-state index in [9.17, 15) is 4.79 Å². The van der Waals surface area contributed by atoms with Gasteiger partial charge in [-0.15, -0.1) is 0 Å². The molecule has 2 N–H and O–H groups in total. The number of methoxy groups -OCH3 is 1. The smallest absolute Gasteiger partial charge is 0.247 e. The summed E-state index contributed by atoms with van der Waals surface area (Å²) < 4.78 is 5.16. The highest BCUT2D eigenvalue weighted by Gasteiger charge is 2.17. The van der Waals surface area contributed by atoms with Gasteiger partial charge in [-0.05, 0) is 5.56 Å². The van der Waals surface area contributed by atoms with Crippen LogP contribution >= 0.6 is 0 Å². The maximum absolute atomic E-state index is 10.9. The summed E-state index contributed by atoms with van der Waals surface area (Å²) >= 11 is 0. The van der Waals surface area contributed by atoms with E-state index < -0.39 is 12.0 Å². The van der Waals surface area contributed by atoms with E-state index in [4.69, 9.17) is 10.5 Å². The summed E-state index contributed by atoms with van der Waals surface area (Å²) in [5.74, 6) is -0.541. The molecule has 1 amide bonds. The number of hydrogen-bond donors (Lipinski definition) is 1. The van der Waals surface area contributed by atoms with Gasteiger partial charge in [0.1, 0.15) is 6.10 Å². The van der Waals surface area contributed by atoms with E-state index in [1.165, 1.54) is 7.11 Å². The van der Waals surface area contributed by atoms with Gasteiger partial charge in [0.05, 0.1) is 0 Å². The standard InChI is InChI=1S/C11H13NO2/c1-8(11(12)13)10(14-2)9-6-4-3-5-7-9/h3-7,10H,1H2,2H3,(H2,12,13)/t10-/m0/s1. The van der Waals surface area contributed by atoms with Crippen molar-refractivity contribution < 1.29 is 9.53 Å². The summed E-state index contributed by atoms with van der Waals surface area (Å²) in [5.41, 5.74) is 6.27. The lowest BCUT2D eigenvalue weighted by Crippen LogP contribution is -2.19. The molecule has 3 heteroatoms. The number of amides is 1. The molecule has 0 aliphatic carbocycles. The van der Waals surface area contributed by atoms with Crippen LogP contribution in [0.3, 0.4) is 0 Å². The quantitative estimate of drug-likeness (QED) is 0.732. The molecular weight excluding hydrogens is 178 g/mol. The number of benzene rings is 1. The highest BCUT2D eigenvalue weighted by atomic mass is 16.5. The van der Waals surface area contributed by atoms with Crippen LogP contribution in [0.1, 0.15) is 11.7 Å². The van der Waals surface area contributed by atoms with Crippen LogP contribution in [0.15, 0.2) is 42.5 Å². The minimum absolute atomic E-state index is 0.263. The van der Waals surface area contributed by atoms with Gasteiger partial charge in [0, 0.05) is 12.7 Å². The van der Waals surface area contributed by atoms with E-state index in [2.05, 4.69) is 6.58 Å². The topological polar surface area (TPSA) is 52.3 Å². The molecule has 0 aliphatic heterocycles. The van der Waals surface area contributed by atoms with Crippen molar-refractivity contribution in [1.29, 1.82) is 0 Å². The second kappa shape index (κ2) is 4.58. The molecule has 0 bridgehead atoms. The van der Waals surface area contributed by atoms with Crippen LogP contribution in [-0.2, 0) is 9.53 Å². The lowest BCUT2D eigenvalue weighted by molar-refractivity contribution is -0.115. The fraction of sp³-hybridized carbons (Fsp3) is 0.182. The first kappa shape index (κ1) is 10.5. The number of carbonyl (C=O) groups is 1. The van der Waals surface area contributed by atoms with Gasteiger partial charge >= 0.3 is 0 Å². The normalized spacial score (nSPS) is 12.1. The Bertz CT molecular complexity index is 332. The van der Waals surface area contributed by atoms with Crippen molar-refractivity contribution in [2.24, 2.45) is 5.73 Å². The third-order valence-corrected chi connectivity index (χ3v) is 1.97. The summed E-state index contributed by atoms with van der Waals surface area (Å²) in [4.78, 5) is 10.9. The number of primary amides is 1. The van der Waals surface area contributed by atoms with E-state index >= 15 is 0 Å². The van der Waals surface area contributed by atoms with Gasteiger partial charge in [-0.3, -0.25) is 4.79 Å². The largest absolute Gasteiger partial charge is 0.372 e. The molecule has 0 saturated carbocycles. The van der Waals surface area contributed by atoms with Gasteiger partial charge in [0.2, 0.25) is 5.91 Å². The molecule has 1 aromatic rings. The third kappa shape index (κ3) is 2.20. The number of hydrogen-bond acceptors (Lipinski definition) is 2.